The number of hydrogen-bond acceptors (Lipinski definition) is 3. The van der Waals surface area contributed by atoms with Crippen molar-refractivity contribution in [2.24, 2.45) is 0 Å². The molecule has 0 aliphatic carbocycles. The molecule has 0 radical (unpaired) electrons. The van der Waals surface area contributed by atoms with Gasteiger partial charge >= 0.3 is 12.1 Å². The third kappa shape index (κ3) is 9.35. The van der Waals surface area contributed by atoms with Crippen LogP contribution in [-0.4, -0.2) is 53.7 Å². The van der Waals surface area contributed by atoms with E-state index in [0.717, 1.165) is 35.9 Å². The zero-order valence-corrected chi connectivity index (χ0v) is 21.0. The molecule has 1 fully saturated rings. The molecule has 35 heavy (non-hydrogen) atoms. The number of nitrogens with zero attached hydrogens (tertiary/aromatic N) is 1. The van der Waals surface area contributed by atoms with E-state index in [1.165, 1.54) is 17.5 Å². The van der Waals surface area contributed by atoms with Crippen LogP contribution in [-0.2, 0) is 16.0 Å². The predicted molar refractivity (Wildman–Crippen MR) is 131 cm³/mol. The molecule has 2 aromatic carbocycles. The maximum absolute atomic E-state index is 12.9. The summed E-state index contributed by atoms with van der Waals surface area (Å²) >= 11 is 12.1. The van der Waals surface area contributed by atoms with Crippen LogP contribution in [0.2, 0.25) is 10.0 Å². The first-order valence-electron chi connectivity index (χ1n) is 11.2. The number of likely N-dealkylation sites (tertiary alicyclic amines) is 1. The Morgan fingerprint density at radius 1 is 1.06 bits per heavy atom. The van der Waals surface area contributed by atoms with Gasteiger partial charge in [-0.15, -0.1) is 0 Å². The summed E-state index contributed by atoms with van der Waals surface area (Å²) in [5.74, 6) is -2.48. The van der Waals surface area contributed by atoms with E-state index < -0.39 is 12.1 Å². The van der Waals surface area contributed by atoms with Crippen molar-refractivity contribution < 1.29 is 27.9 Å². The molecule has 2 aromatic rings. The molecule has 1 amide bonds. The number of halogens is 5. The predicted octanol–water partition coefficient (Wildman–Crippen LogP) is 5.94. The van der Waals surface area contributed by atoms with Crippen LogP contribution in [0.3, 0.4) is 0 Å². The summed E-state index contributed by atoms with van der Waals surface area (Å²) in [6, 6.07) is 15.8. The number of carboxylic acid groups (broad SMARTS) is 1. The minimum Gasteiger partial charge on any atom is -0.475 e. The Morgan fingerprint density at radius 3 is 2.06 bits per heavy atom. The van der Waals surface area contributed by atoms with E-state index in [-0.39, 0.29) is 23.9 Å². The average molecular weight is 533 g/mol. The fraction of sp³-hybridized carbons (Fsp3) is 0.440. The van der Waals surface area contributed by atoms with E-state index in [1.807, 2.05) is 31.3 Å². The van der Waals surface area contributed by atoms with Gasteiger partial charge in [0.1, 0.15) is 0 Å². The molecule has 0 saturated carbocycles. The minimum absolute atomic E-state index is 0.000296. The van der Waals surface area contributed by atoms with Crippen LogP contribution in [0.25, 0.3) is 0 Å². The molecule has 0 spiro atoms. The van der Waals surface area contributed by atoms with Gasteiger partial charge in [-0.1, -0.05) is 53.9 Å². The van der Waals surface area contributed by atoms with E-state index in [0.29, 0.717) is 0 Å². The zero-order chi connectivity index (χ0) is 26.2. The Morgan fingerprint density at radius 2 is 1.57 bits per heavy atom. The lowest BCUT2D eigenvalue weighted by molar-refractivity contribution is -0.192. The van der Waals surface area contributed by atoms with Gasteiger partial charge in [0, 0.05) is 22.0 Å². The first-order chi connectivity index (χ1) is 16.4. The summed E-state index contributed by atoms with van der Waals surface area (Å²) in [6.07, 6.45) is -1.05. The number of carbonyl (C=O) groups is 2. The second-order valence-electron chi connectivity index (χ2n) is 8.58. The van der Waals surface area contributed by atoms with Crippen molar-refractivity contribution in [1.29, 1.82) is 0 Å². The SMILES string of the molecule is CC(NC(=O)C1CCCCN1C)C(Cc1ccc(Cl)cc1)c1ccc(Cl)cc1.O=C(O)C(F)(F)F. The molecule has 192 valence electrons. The van der Waals surface area contributed by atoms with Crippen LogP contribution in [0, 0.1) is 0 Å². The standard InChI is InChI=1S/C23H28Cl2N2O.C2HF3O2/c1-16(26-23(28)22-5-3-4-14-27(22)2)21(18-8-12-20(25)13-9-18)15-17-6-10-19(24)11-7-17;3-2(4,5)1(6)7/h6-13,16,21-22H,3-5,14-15H2,1-2H3,(H,26,28);(H,6,7). The summed E-state index contributed by atoms with van der Waals surface area (Å²) in [4.78, 5) is 24.0. The normalized spacial score (nSPS) is 18.1. The molecule has 1 aliphatic rings. The summed E-state index contributed by atoms with van der Waals surface area (Å²) in [5, 5.41) is 11.9. The van der Waals surface area contributed by atoms with Crippen LogP contribution >= 0.6 is 23.2 Å². The molecule has 10 heteroatoms. The first kappa shape index (κ1) is 28.9. The molecule has 3 unspecified atom stereocenters. The topological polar surface area (TPSA) is 69.6 Å². The quantitative estimate of drug-likeness (QED) is 0.482. The molecule has 0 aromatic heterocycles. The Bertz CT molecular complexity index is 969. The molecular formula is C25H29Cl2F3N2O3. The second kappa shape index (κ2) is 13.1. The van der Waals surface area contributed by atoms with E-state index in [2.05, 4.69) is 41.4 Å². The molecule has 1 heterocycles. The first-order valence-corrected chi connectivity index (χ1v) is 11.9. The fourth-order valence-corrected chi connectivity index (χ4v) is 4.25. The third-order valence-corrected chi connectivity index (χ3v) is 6.46. The van der Waals surface area contributed by atoms with Gasteiger partial charge in [0.25, 0.3) is 0 Å². The smallest absolute Gasteiger partial charge is 0.475 e. The van der Waals surface area contributed by atoms with Crippen molar-refractivity contribution in [1.82, 2.24) is 10.2 Å². The molecule has 3 atom stereocenters. The summed E-state index contributed by atoms with van der Waals surface area (Å²) < 4.78 is 31.7. The molecule has 1 saturated heterocycles. The van der Waals surface area contributed by atoms with Gasteiger partial charge in [-0.2, -0.15) is 13.2 Å². The Balaban J connectivity index is 0.000000540. The lowest BCUT2D eigenvalue weighted by atomic mass is 9.86. The average Bonchev–Trinajstić information content (AvgIpc) is 2.79. The van der Waals surface area contributed by atoms with Gasteiger partial charge in [-0.05, 0) is 75.2 Å². The number of carbonyl (C=O) groups excluding carboxylic acids is 1. The van der Waals surface area contributed by atoms with Gasteiger partial charge in [0.15, 0.2) is 0 Å². The summed E-state index contributed by atoms with van der Waals surface area (Å²) in [5.41, 5.74) is 2.37. The van der Waals surface area contributed by atoms with E-state index in [1.54, 1.807) is 0 Å². The highest BCUT2D eigenvalue weighted by molar-refractivity contribution is 6.30. The van der Waals surface area contributed by atoms with Crippen LogP contribution in [0.5, 0.6) is 0 Å². The third-order valence-electron chi connectivity index (χ3n) is 5.96. The largest absolute Gasteiger partial charge is 0.490 e. The monoisotopic (exact) mass is 532 g/mol. The van der Waals surface area contributed by atoms with Crippen molar-refractivity contribution in [3.8, 4) is 0 Å². The Kier molecular flexibility index (Phi) is 10.9. The van der Waals surface area contributed by atoms with E-state index in [9.17, 15) is 18.0 Å². The number of benzene rings is 2. The van der Waals surface area contributed by atoms with Gasteiger partial charge in [0.05, 0.1) is 6.04 Å². The van der Waals surface area contributed by atoms with Crippen LogP contribution < -0.4 is 5.32 Å². The van der Waals surface area contributed by atoms with Crippen LogP contribution in [0.4, 0.5) is 13.2 Å². The number of nitrogens with one attached hydrogen (secondary N) is 1. The molecule has 2 N–H and O–H groups in total. The van der Waals surface area contributed by atoms with Crippen molar-refractivity contribution in [2.45, 2.75) is 56.8 Å². The number of carboxylic acids is 1. The maximum atomic E-state index is 12.9. The number of piperidine rings is 1. The van der Waals surface area contributed by atoms with E-state index >= 15 is 0 Å². The molecule has 3 rings (SSSR count). The van der Waals surface area contributed by atoms with Crippen LogP contribution in [0.1, 0.15) is 43.2 Å². The number of alkyl halides is 3. The van der Waals surface area contributed by atoms with Gasteiger partial charge < -0.3 is 10.4 Å². The molecule has 5 nitrogen and oxygen atoms in total. The van der Waals surface area contributed by atoms with Gasteiger partial charge in [-0.25, -0.2) is 4.79 Å². The van der Waals surface area contributed by atoms with Crippen LogP contribution in [0.15, 0.2) is 48.5 Å². The van der Waals surface area contributed by atoms with Gasteiger partial charge in [0.2, 0.25) is 5.91 Å². The van der Waals surface area contributed by atoms with Crippen molar-refractivity contribution in [2.75, 3.05) is 13.6 Å². The molecule has 0 bridgehead atoms. The number of likely N-dealkylation sites (N-methyl/N-ethyl adjacent to an activating group) is 1. The lowest BCUT2D eigenvalue weighted by Crippen LogP contribution is -2.50. The fourth-order valence-electron chi connectivity index (χ4n) is 4.00. The highest BCUT2D eigenvalue weighted by Gasteiger charge is 2.38. The maximum Gasteiger partial charge on any atom is 0.490 e. The number of amides is 1. The van der Waals surface area contributed by atoms with Crippen molar-refractivity contribution in [3.05, 3.63) is 69.7 Å². The minimum atomic E-state index is -5.08. The number of aliphatic carboxylic acids is 1. The second-order valence-corrected chi connectivity index (χ2v) is 9.45. The highest BCUT2D eigenvalue weighted by atomic mass is 35.5. The lowest BCUT2D eigenvalue weighted by Gasteiger charge is -2.33. The number of rotatable bonds is 6. The van der Waals surface area contributed by atoms with Crippen molar-refractivity contribution in [3.63, 3.8) is 0 Å². The molecule has 1 aliphatic heterocycles. The van der Waals surface area contributed by atoms with Gasteiger partial charge in [-0.3, -0.25) is 9.69 Å². The summed E-state index contributed by atoms with van der Waals surface area (Å²) in [7, 11) is 2.04. The Labute approximate surface area is 213 Å². The van der Waals surface area contributed by atoms with Crippen molar-refractivity contribution >= 4 is 35.1 Å². The molecular weight excluding hydrogens is 504 g/mol. The van der Waals surface area contributed by atoms with E-state index in [4.69, 9.17) is 33.1 Å². The zero-order valence-electron chi connectivity index (χ0n) is 19.5. The highest BCUT2D eigenvalue weighted by Crippen LogP contribution is 2.27. The Hall–Kier alpha value is -2.29. The number of hydrogen-bond donors (Lipinski definition) is 2. The summed E-state index contributed by atoms with van der Waals surface area (Å²) in [6.45, 7) is 3.08.